The summed E-state index contributed by atoms with van der Waals surface area (Å²) < 4.78 is 31.1. The number of benzene rings is 5. The zero-order valence-corrected chi connectivity index (χ0v) is 60.3. The van der Waals surface area contributed by atoms with Crippen molar-refractivity contribution in [2.24, 2.45) is 11.5 Å². The summed E-state index contributed by atoms with van der Waals surface area (Å²) in [6.07, 6.45) is -1.62. The molecule has 0 radical (unpaired) electrons. The van der Waals surface area contributed by atoms with Gasteiger partial charge in [0.1, 0.15) is 65.5 Å². The first kappa shape index (κ1) is 85.1. The van der Waals surface area contributed by atoms with E-state index in [2.05, 4.69) is 63.1 Å². The number of aromatic amines is 1. The van der Waals surface area contributed by atoms with Gasteiger partial charge >= 0.3 is 11.9 Å². The van der Waals surface area contributed by atoms with Gasteiger partial charge in [0.2, 0.25) is 65.0 Å². The van der Waals surface area contributed by atoms with Gasteiger partial charge in [-0.2, -0.15) is 0 Å². The number of aryl methyl sites for hydroxylation is 2. The van der Waals surface area contributed by atoms with Gasteiger partial charge in [0.15, 0.2) is 0 Å². The number of hydrogen-bond acceptors (Lipinski definition) is 17. The third kappa shape index (κ3) is 25.2. The van der Waals surface area contributed by atoms with Crippen molar-refractivity contribution in [3.8, 4) is 22.3 Å². The van der Waals surface area contributed by atoms with Crippen molar-refractivity contribution in [1.82, 2.24) is 63.1 Å². The zero-order chi connectivity index (χ0) is 79.5. The first-order chi connectivity index (χ1) is 51.2. The quantitative estimate of drug-likeness (QED) is 0.0247. The van der Waals surface area contributed by atoms with Gasteiger partial charge in [0.25, 0.3) is 0 Å². The predicted molar refractivity (Wildman–Crippen MR) is 388 cm³/mol. The summed E-state index contributed by atoms with van der Waals surface area (Å²) in [6, 6.07) is 16.9. The number of nitrogens with zero attached hydrogens (tertiary/aromatic N) is 1. The van der Waals surface area contributed by atoms with E-state index in [1.165, 1.54) is 19.4 Å². The highest BCUT2D eigenvalue weighted by atomic mass is 19.1. The van der Waals surface area contributed by atoms with Gasteiger partial charge in [0, 0.05) is 43.1 Å². The lowest BCUT2D eigenvalue weighted by Gasteiger charge is -2.34. The number of carbonyl (C=O) groups excluding carboxylic acids is 11. The van der Waals surface area contributed by atoms with Gasteiger partial charge in [-0.3, -0.25) is 62.3 Å². The SMILES string of the molecule is CCCC[C@H](NC(=O)CNC(=O)[C@H](CC(=O)O)NC(=O)[C@H](C)NC(=O)[C@@H](N)Cc1cnc[nH]1)C(=O)N[C@](C)(Cc1c(F)cccc1F)C(=O)N[C@H](C(=O)N[C@@H](CO)C(=O)N[C@@H](CC(=O)O)C(=O)N[C@@H](Cc1ccc(-c2ccccc2CC)cc1)C(=O)N[C@@H](Cc1ccc(-c2ccccc2C)cc1)C(N)=O)[C@@H](C)O. The van der Waals surface area contributed by atoms with E-state index in [4.69, 9.17) is 11.5 Å². The number of aromatic nitrogens is 2. The molecule has 0 spiro atoms. The highest BCUT2D eigenvalue weighted by molar-refractivity contribution is 6.01. The lowest BCUT2D eigenvalue weighted by Crippen LogP contribution is -2.66. The van der Waals surface area contributed by atoms with Crippen molar-refractivity contribution in [3.05, 3.63) is 173 Å². The van der Waals surface area contributed by atoms with Crippen molar-refractivity contribution >= 4 is 76.9 Å². The number of unbranched alkanes of at least 4 members (excludes halogenated alkanes) is 1. The van der Waals surface area contributed by atoms with Crippen LogP contribution in [0.5, 0.6) is 0 Å². The van der Waals surface area contributed by atoms with Crippen LogP contribution in [0.2, 0.25) is 0 Å². The first-order valence-electron chi connectivity index (χ1n) is 34.8. The molecular formula is C75H92F2N14O17. The number of hydrogen-bond donors (Lipinski definition) is 17. The molecule has 0 unspecified atom stereocenters. The molecule has 0 fully saturated rings. The van der Waals surface area contributed by atoms with Gasteiger partial charge < -0.3 is 90.0 Å². The molecule has 31 nitrogen and oxygen atoms in total. The van der Waals surface area contributed by atoms with Crippen LogP contribution in [0, 0.1) is 18.6 Å². The molecule has 6 rings (SSSR count). The average Bonchev–Trinajstić information content (AvgIpc) is 0.807. The van der Waals surface area contributed by atoms with Gasteiger partial charge in [0.05, 0.1) is 44.5 Å². The molecule has 1 aromatic heterocycles. The summed E-state index contributed by atoms with van der Waals surface area (Å²) >= 11 is 0. The van der Waals surface area contributed by atoms with Crippen LogP contribution in [0.3, 0.4) is 0 Å². The average molecular weight is 1500 g/mol. The number of aliphatic hydroxyl groups excluding tert-OH is 2. The lowest BCUT2D eigenvalue weighted by atomic mass is 9.89. The number of carbonyl (C=O) groups is 13. The Hall–Kier alpha value is -11.8. The second-order valence-electron chi connectivity index (χ2n) is 26.2. The van der Waals surface area contributed by atoms with Crippen LogP contribution in [-0.4, -0.2) is 186 Å². The minimum Gasteiger partial charge on any atom is -0.481 e. The number of rotatable bonds is 41. The Morgan fingerprint density at radius 1 is 0.574 bits per heavy atom. The fourth-order valence-corrected chi connectivity index (χ4v) is 11.5. The standard InChI is InChI=1S/C75H92F2N14O17/c1-7-9-21-55(84-61(94)37-81-68(102)58(33-62(95)96)86-66(100)41(4)83-67(101)54(78)32-48-36-80-39-82-48)72(106)91-75(6,35-51-52(76)19-14-20-53(51)77)74(108)90-64(42(5)93)73(107)89-60(38-92)71(105)88-59(34-63(97)98)70(104)87-57(31-44-24-28-47(29-25-44)50-18-13-11-16-45(50)8-2)69(103)85-56(65(79)99)30-43-22-26-46(27-23-43)49-17-12-10-15-40(49)3/h10-20,22-29,36,39,41-42,54-60,64,92-93H,7-9,21,30-35,37-38,78H2,1-6H3,(H2,79,99)(H,80,82)(H,81,102)(H,83,101)(H,84,94)(H,85,103)(H,86,100)(H,87,104)(H,88,105)(H,89,107)(H,90,108)(H,91,106)(H,95,96)(H,97,98)/t41-,42+,54-,55-,56-,57-,58-,59-,60-,64-,75+/m0/s1. The van der Waals surface area contributed by atoms with Crippen LogP contribution >= 0.6 is 0 Å². The Morgan fingerprint density at radius 3 is 1.66 bits per heavy atom. The number of carboxylic acids is 2. The molecule has 0 saturated carbocycles. The zero-order valence-electron chi connectivity index (χ0n) is 60.3. The summed E-state index contributed by atoms with van der Waals surface area (Å²) in [5.41, 5.74) is 15.7. The fraction of sp³-hybridized carbons (Fsp3) is 0.387. The number of carboxylic acid groups (broad SMARTS) is 2. The van der Waals surface area contributed by atoms with Crippen LogP contribution in [-0.2, 0) is 94.4 Å². The maximum Gasteiger partial charge on any atom is 0.305 e. The first-order valence-corrected chi connectivity index (χ1v) is 34.8. The number of nitrogens with two attached hydrogens (primary N) is 2. The number of primary amides is 1. The van der Waals surface area contributed by atoms with Crippen LogP contribution in [0.4, 0.5) is 8.78 Å². The lowest BCUT2D eigenvalue weighted by molar-refractivity contribution is -0.142. The number of halogens is 2. The van der Waals surface area contributed by atoms with E-state index in [9.17, 15) is 82.8 Å². The second kappa shape index (κ2) is 40.6. The monoisotopic (exact) mass is 1500 g/mol. The van der Waals surface area contributed by atoms with E-state index in [0.29, 0.717) is 23.2 Å². The summed E-state index contributed by atoms with van der Waals surface area (Å²) in [4.78, 5) is 183. The molecule has 0 aliphatic rings. The van der Waals surface area contributed by atoms with E-state index < -0.39 is 193 Å². The third-order valence-corrected chi connectivity index (χ3v) is 17.6. The van der Waals surface area contributed by atoms with E-state index in [0.717, 1.165) is 71.8 Å². The Morgan fingerprint density at radius 2 is 1.10 bits per heavy atom. The molecular weight excluding hydrogens is 1410 g/mol. The van der Waals surface area contributed by atoms with E-state index in [1.807, 2.05) is 74.5 Å². The van der Waals surface area contributed by atoms with Crippen molar-refractivity contribution < 1.29 is 91.5 Å². The molecule has 1 heterocycles. The molecule has 6 aromatic rings. The molecule has 33 heteroatoms. The maximum atomic E-state index is 15.5. The van der Waals surface area contributed by atoms with Gasteiger partial charge in [-0.25, -0.2) is 13.8 Å². The summed E-state index contributed by atoms with van der Waals surface area (Å²) in [5.74, 6) is -18.4. The number of H-pyrrole nitrogens is 1. The van der Waals surface area contributed by atoms with E-state index >= 15 is 8.78 Å². The van der Waals surface area contributed by atoms with Crippen molar-refractivity contribution in [3.63, 3.8) is 0 Å². The molecule has 0 saturated heterocycles. The van der Waals surface area contributed by atoms with Crippen molar-refractivity contribution in [1.29, 1.82) is 0 Å². The van der Waals surface area contributed by atoms with Crippen LogP contribution in [0.15, 0.2) is 128 Å². The number of amides is 11. The Bertz CT molecular complexity index is 4170. The Balaban J connectivity index is 1.18. The molecule has 0 bridgehead atoms. The predicted octanol–water partition coefficient (Wildman–Crippen LogP) is 0.378. The third-order valence-electron chi connectivity index (χ3n) is 17.6. The maximum absolute atomic E-state index is 15.5. The summed E-state index contributed by atoms with van der Waals surface area (Å²) in [5, 5.41) is 64.3. The minimum atomic E-state index is -2.56. The highest BCUT2D eigenvalue weighted by Gasteiger charge is 2.43. The smallest absolute Gasteiger partial charge is 0.305 e. The molecule has 0 aliphatic heterocycles. The largest absolute Gasteiger partial charge is 0.481 e. The molecule has 578 valence electrons. The van der Waals surface area contributed by atoms with Crippen LogP contribution in [0.1, 0.15) is 100 Å². The second-order valence-corrected chi connectivity index (χ2v) is 26.2. The normalized spacial score (nSPS) is 14.4. The Labute approximate surface area is 620 Å². The van der Waals surface area contributed by atoms with E-state index in [1.54, 1.807) is 43.3 Å². The van der Waals surface area contributed by atoms with Crippen molar-refractivity contribution in [2.75, 3.05) is 13.2 Å². The van der Waals surface area contributed by atoms with Gasteiger partial charge in [-0.1, -0.05) is 130 Å². The molecule has 11 amide bonds. The fourth-order valence-electron chi connectivity index (χ4n) is 11.5. The van der Waals surface area contributed by atoms with Gasteiger partial charge in [-0.15, -0.1) is 0 Å². The number of aliphatic carboxylic acids is 2. The number of imidazole rings is 1. The van der Waals surface area contributed by atoms with Crippen molar-refractivity contribution in [2.45, 2.75) is 172 Å². The van der Waals surface area contributed by atoms with Crippen LogP contribution in [0.25, 0.3) is 22.3 Å². The highest BCUT2D eigenvalue weighted by Crippen LogP contribution is 2.27. The van der Waals surface area contributed by atoms with Gasteiger partial charge in [-0.05, 0) is 97.2 Å². The minimum absolute atomic E-state index is 0.00992. The topological polar surface area (TPSA) is 504 Å². The summed E-state index contributed by atoms with van der Waals surface area (Å²) in [6.45, 7) is 6.58. The van der Waals surface area contributed by atoms with E-state index in [-0.39, 0.29) is 32.1 Å². The Kier molecular flexibility index (Phi) is 32.0. The summed E-state index contributed by atoms with van der Waals surface area (Å²) in [7, 11) is 0. The molecule has 0 aliphatic carbocycles. The number of aliphatic hydroxyl groups is 2. The number of nitrogens with one attached hydrogen (secondary N) is 11. The molecule has 11 atom stereocenters. The molecule has 108 heavy (non-hydrogen) atoms. The molecule has 5 aromatic carbocycles. The van der Waals surface area contributed by atoms with Crippen LogP contribution < -0.4 is 64.6 Å². The molecule has 19 N–H and O–H groups in total.